The molecule has 13 heteroatoms. The Bertz CT molecular complexity index is 1190. The Kier molecular flexibility index (Phi) is 5.72. The van der Waals surface area contributed by atoms with Gasteiger partial charge in [0, 0.05) is 0 Å². The number of hydrogen-bond acceptors (Lipinski definition) is 6. The molecule has 1 N–H and O–H groups in total. The van der Waals surface area contributed by atoms with Crippen LogP contribution < -0.4 is 9.46 Å². The second-order valence-corrected chi connectivity index (χ2v) is 8.05. The van der Waals surface area contributed by atoms with Gasteiger partial charge in [-0.3, -0.25) is 4.79 Å². The van der Waals surface area contributed by atoms with Crippen molar-refractivity contribution in [2.45, 2.75) is 18.2 Å². The molecular weight excluding hydrogens is 449 g/mol. The highest BCUT2D eigenvalue weighted by atomic mass is 35.5. The summed E-state index contributed by atoms with van der Waals surface area (Å²) in [6.07, 6.45) is -3.73. The van der Waals surface area contributed by atoms with Gasteiger partial charge in [-0.2, -0.15) is 0 Å². The largest absolute Gasteiger partial charge is 0.573 e. The quantitative estimate of drug-likeness (QED) is 0.627. The minimum atomic E-state index is -4.92. The van der Waals surface area contributed by atoms with Crippen LogP contribution in [0.5, 0.6) is 5.75 Å². The third kappa shape index (κ3) is 5.07. The highest BCUT2D eigenvalue weighted by molar-refractivity contribution is 7.90. The number of benzene rings is 2. The second-order valence-electron chi connectivity index (χ2n) is 5.96. The lowest BCUT2D eigenvalue weighted by Gasteiger charge is -2.09. The van der Waals surface area contributed by atoms with E-state index >= 15 is 0 Å². The molecule has 1 amide bonds. The highest BCUT2D eigenvalue weighted by Gasteiger charge is 2.31. The lowest BCUT2D eigenvalue weighted by Crippen LogP contribution is -2.30. The van der Waals surface area contributed by atoms with Gasteiger partial charge in [-0.15, -0.1) is 18.3 Å². The van der Waals surface area contributed by atoms with E-state index in [9.17, 15) is 26.4 Å². The van der Waals surface area contributed by atoms with Crippen molar-refractivity contribution < 1.29 is 31.1 Å². The molecule has 0 aliphatic heterocycles. The minimum absolute atomic E-state index is 0.313. The molecular formula is C17H12ClF3N4O4S. The van der Waals surface area contributed by atoms with E-state index in [1.807, 2.05) is 6.92 Å². The van der Waals surface area contributed by atoms with E-state index in [0.717, 1.165) is 29.8 Å². The van der Waals surface area contributed by atoms with Gasteiger partial charge in [-0.25, -0.2) is 17.8 Å². The zero-order valence-corrected chi connectivity index (χ0v) is 16.6. The first kappa shape index (κ1) is 21.6. The van der Waals surface area contributed by atoms with Crippen LogP contribution in [0.4, 0.5) is 13.2 Å². The molecule has 0 spiro atoms. The number of hydrogen-bond donors (Lipinski definition) is 1. The van der Waals surface area contributed by atoms with Gasteiger partial charge in [0.1, 0.15) is 5.75 Å². The van der Waals surface area contributed by atoms with Gasteiger partial charge in [0.05, 0.1) is 21.8 Å². The monoisotopic (exact) mass is 460 g/mol. The van der Waals surface area contributed by atoms with Crippen molar-refractivity contribution in [3.63, 3.8) is 0 Å². The van der Waals surface area contributed by atoms with Gasteiger partial charge in [-0.1, -0.05) is 22.9 Å². The first-order valence-corrected chi connectivity index (χ1v) is 9.92. The van der Waals surface area contributed by atoms with Crippen LogP contribution in [0.2, 0.25) is 5.02 Å². The summed E-state index contributed by atoms with van der Waals surface area (Å²) in [5.41, 5.74) is 1.02. The van der Waals surface area contributed by atoms with E-state index in [1.165, 1.54) is 10.9 Å². The molecule has 2 aromatic carbocycles. The number of halogens is 4. The molecule has 0 aliphatic carbocycles. The molecule has 0 fully saturated rings. The fraction of sp³-hybridized carbons (Fsp3) is 0.118. The molecule has 158 valence electrons. The first-order chi connectivity index (χ1) is 13.9. The number of amides is 1. The maximum absolute atomic E-state index is 12.3. The van der Waals surface area contributed by atoms with Crippen LogP contribution in [-0.4, -0.2) is 35.7 Å². The lowest BCUT2D eigenvalue weighted by atomic mass is 10.2. The highest BCUT2D eigenvalue weighted by Crippen LogP contribution is 2.24. The van der Waals surface area contributed by atoms with Crippen molar-refractivity contribution in [2.24, 2.45) is 0 Å². The van der Waals surface area contributed by atoms with Crippen LogP contribution in [-0.2, 0) is 10.0 Å². The molecule has 0 atom stereocenters. The van der Waals surface area contributed by atoms with Crippen LogP contribution >= 0.6 is 11.6 Å². The average Bonchev–Trinajstić information content (AvgIpc) is 3.10. The van der Waals surface area contributed by atoms with E-state index in [2.05, 4.69) is 15.0 Å². The summed E-state index contributed by atoms with van der Waals surface area (Å²) < 4.78 is 67.8. The van der Waals surface area contributed by atoms with Crippen LogP contribution in [0, 0.1) is 6.92 Å². The van der Waals surface area contributed by atoms with Crippen molar-refractivity contribution >= 4 is 27.5 Å². The minimum Gasteiger partial charge on any atom is -0.406 e. The number of nitrogens with one attached hydrogen (secondary N) is 1. The fourth-order valence-corrected chi connectivity index (χ4v) is 3.62. The van der Waals surface area contributed by atoms with Crippen LogP contribution in [0.25, 0.3) is 5.69 Å². The molecule has 0 saturated carbocycles. The molecule has 0 radical (unpaired) electrons. The van der Waals surface area contributed by atoms with Crippen LogP contribution in [0.15, 0.2) is 53.6 Å². The van der Waals surface area contributed by atoms with Crippen molar-refractivity contribution in [2.75, 3.05) is 0 Å². The SMILES string of the molecule is Cc1ccc(-n2cc(C(=O)NS(=O)(=O)c3ccc(OC(F)(F)F)cc3)nn2)c(Cl)c1. The van der Waals surface area contributed by atoms with Gasteiger partial charge in [0.15, 0.2) is 5.69 Å². The molecule has 0 bridgehead atoms. The summed E-state index contributed by atoms with van der Waals surface area (Å²) in [5.74, 6) is -1.69. The zero-order chi connectivity index (χ0) is 22.1. The van der Waals surface area contributed by atoms with Crippen molar-refractivity contribution in [3.05, 3.63) is 64.9 Å². The molecule has 1 heterocycles. The molecule has 0 unspecified atom stereocenters. The maximum atomic E-state index is 12.3. The van der Waals surface area contributed by atoms with Gasteiger partial charge in [0.25, 0.3) is 15.9 Å². The third-order valence-electron chi connectivity index (χ3n) is 3.67. The zero-order valence-electron chi connectivity index (χ0n) is 15.0. The molecule has 3 aromatic rings. The average molecular weight is 461 g/mol. The van der Waals surface area contributed by atoms with Crippen molar-refractivity contribution in [3.8, 4) is 11.4 Å². The number of aryl methyl sites for hydroxylation is 1. The third-order valence-corrected chi connectivity index (χ3v) is 5.32. The Labute approximate surface area is 173 Å². The molecule has 8 nitrogen and oxygen atoms in total. The molecule has 1 aromatic heterocycles. The van der Waals surface area contributed by atoms with Crippen molar-refractivity contribution in [1.82, 2.24) is 19.7 Å². The number of rotatable bonds is 5. The van der Waals surface area contributed by atoms with E-state index in [-0.39, 0.29) is 5.69 Å². The number of ether oxygens (including phenoxy) is 1. The first-order valence-electron chi connectivity index (χ1n) is 8.06. The predicted molar refractivity (Wildman–Crippen MR) is 98.9 cm³/mol. The van der Waals surface area contributed by atoms with Gasteiger partial charge in [0.2, 0.25) is 0 Å². The van der Waals surface area contributed by atoms with Crippen LogP contribution in [0.1, 0.15) is 16.1 Å². The Balaban J connectivity index is 1.76. The number of alkyl halides is 3. The number of carbonyl (C=O) groups excluding carboxylic acids is 1. The topological polar surface area (TPSA) is 103 Å². The number of aromatic nitrogens is 3. The Morgan fingerprint density at radius 3 is 2.43 bits per heavy atom. The van der Waals surface area contributed by atoms with E-state index < -0.39 is 32.9 Å². The van der Waals surface area contributed by atoms with Crippen molar-refractivity contribution in [1.29, 1.82) is 0 Å². The smallest absolute Gasteiger partial charge is 0.406 e. The van der Waals surface area contributed by atoms with Gasteiger partial charge >= 0.3 is 6.36 Å². The summed E-state index contributed by atoms with van der Waals surface area (Å²) in [5, 5.41) is 7.72. The second kappa shape index (κ2) is 7.95. The maximum Gasteiger partial charge on any atom is 0.573 e. The van der Waals surface area contributed by atoms with Crippen LogP contribution in [0.3, 0.4) is 0 Å². The fourth-order valence-electron chi connectivity index (χ4n) is 2.34. The van der Waals surface area contributed by atoms with Gasteiger partial charge < -0.3 is 4.74 Å². The molecule has 3 rings (SSSR count). The Morgan fingerprint density at radius 2 is 1.83 bits per heavy atom. The van der Waals surface area contributed by atoms with Gasteiger partial charge in [-0.05, 0) is 48.9 Å². The summed E-state index contributed by atoms with van der Waals surface area (Å²) in [6.45, 7) is 1.84. The summed E-state index contributed by atoms with van der Waals surface area (Å²) >= 11 is 6.13. The van der Waals surface area contributed by atoms with E-state index in [4.69, 9.17) is 11.6 Å². The summed E-state index contributed by atoms with van der Waals surface area (Å²) in [6, 6.07) is 8.42. The molecule has 0 aliphatic rings. The molecule has 30 heavy (non-hydrogen) atoms. The predicted octanol–water partition coefficient (Wildman–Crippen LogP) is 3.25. The number of nitrogens with zero attached hydrogens (tertiary/aromatic N) is 3. The summed E-state index contributed by atoms with van der Waals surface area (Å²) in [4.78, 5) is 11.8. The number of carbonyl (C=O) groups is 1. The van der Waals surface area contributed by atoms with E-state index in [1.54, 1.807) is 22.9 Å². The summed E-state index contributed by atoms with van der Waals surface area (Å²) in [7, 11) is -4.38. The Hall–Kier alpha value is -3.12. The Morgan fingerprint density at radius 1 is 1.17 bits per heavy atom. The number of sulfonamides is 1. The normalized spacial score (nSPS) is 11.9. The molecule has 0 saturated heterocycles. The standard InChI is InChI=1S/C17H12ClF3N4O4S/c1-10-2-7-15(13(18)8-10)25-9-14(22-24-25)16(26)23-30(27,28)12-5-3-11(4-6-12)29-17(19,20)21/h2-9H,1H3,(H,23,26). The lowest BCUT2D eigenvalue weighted by molar-refractivity contribution is -0.274. The van der Waals surface area contributed by atoms with E-state index in [0.29, 0.717) is 10.7 Å².